The van der Waals surface area contributed by atoms with Gasteiger partial charge in [-0.2, -0.15) is 0 Å². The van der Waals surface area contributed by atoms with Gasteiger partial charge in [0.1, 0.15) is 5.78 Å². The zero-order valence-corrected chi connectivity index (χ0v) is 8.44. The van der Waals surface area contributed by atoms with E-state index >= 15 is 0 Å². The SMILES string of the molecule is CC1CC(=O)CCN1c1ccccc1. The van der Waals surface area contributed by atoms with Gasteiger partial charge in [0, 0.05) is 31.1 Å². The molecule has 1 heterocycles. The summed E-state index contributed by atoms with van der Waals surface area (Å²) in [4.78, 5) is 13.5. The Morgan fingerprint density at radius 3 is 2.64 bits per heavy atom. The van der Waals surface area contributed by atoms with Crippen LogP contribution in [0.2, 0.25) is 0 Å². The predicted octanol–water partition coefficient (Wildman–Crippen LogP) is 2.24. The van der Waals surface area contributed by atoms with Crippen LogP contribution in [0.1, 0.15) is 19.8 Å². The summed E-state index contributed by atoms with van der Waals surface area (Å²) in [5, 5.41) is 0. The Hall–Kier alpha value is -1.31. The molecule has 1 saturated heterocycles. The summed E-state index contributed by atoms with van der Waals surface area (Å²) in [6, 6.07) is 10.7. The van der Waals surface area contributed by atoms with E-state index in [-0.39, 0.29) is 0 Å². The van der Waals surface area contributed by atoms with Crippen molar-refractivity contribution in [3.63, 3.8) is 0 Å². The molecular weight excluding hydrogens is 174 g/mol. The van der Waals surface area contributed by atoms with E-state index in [2.05, 4.69) is 24.0 Å². The van der Waals surface area contributed by atoms with Crippen molar-refractivity contribution in [2.24, 2.45) is 0 Å². The molecule has 1 aromatic rings. The lowest BCUT2D eigenvalue weighted by Gasteiger charge is -2.34. The normalized spacial score (nSPS) is 22.5. The fraction of sp³-hybridized carbons (Fsp3) is 0.417. The highest BCUT2D eigenvalue weighted by Gasteiger charge is 2.23. The molecule has 0 amide bonds. The van der Waals surface area contributed by atoms with E-state index < -0.39 is 0 Å². The fourth-order valence-electron chi connectivity index (χ4n) is 2.01. The van der Waals surface area contributed by atoms with Crippen LogP contribution in [0.4, 0.5) is 5.69 Å². The number of hydrogen-bond donors (Lipinski definition) is 0. The monoisotopic (exact) mass is 189 g/mol. The molecule has 1 fully saturated rings. The second-order valence-electron chi connectivity index (χ2n) is 3.87. The van der Waals surface area contributed by atoms with Gasteiger partial charge in [-0.05, 0) is 19.1 Å². The van der Waals surface area contributed by atoms with Crippen molar-refractivity contribution in [3.05, 3.63) is 30.3 Å². The van der Waals surface area contributed by atoms with E-state index in [1.807, 2.05) is 18.2 Å². The molecule has 1 atom stereocenters. The highest BCUT2D eigenvalue weighted by atomic mass is 16.1. The van der Waals surface area contributed by atoms with Crippen molar-refractivity contribution in [3.8, 4) is 0 Å². The minimum absolute atomic E-state index is 0.346. The number of carbonyl (C=O) groups excluding carboxylic acids is 1. The van der Waals surface area contributed by atoms with Gasteiger partial charge in [-0.15, -0.1) is 0 Å². The van der Waals surface area contributed by atoms with Crippen LogP contribution < -0.4 is 4.90 Å². The molecule has 1 aromatic carbocycles. The number of anilines is 1. The standard InChI is InChI=1S/C12H15NO/c1-10-9-12(14)7-8-13(10)11-5-3-2-4-6-11/h2-6,10H,7-9H2,1H3. The number of ketones is 1. The number of para-hydroxylation sites is 1. The van der Waals surface area contributed by atoms with Gasteiger partial charge >= 0.3 is 0 Å². The van der Waals surface area contributed by atoms with Gasteiger partial charge < -0.3 is 4.90 Å². The van der Waals surface area contributed by atoms with Crippen LogP contribution >= 0.6 is 0 Å². The first-order chi connectivity index (χ1) is 6.77. The Labute approximate surface area is 84.5 Å². The fourth-order valence-corrected chi connectivity index (χ4v) is 2.01. The number of benzene rings is 1. The Bertz CT molecular complexity index is 320. The molecule has 0 saturated carbocycles. The first-order valence-electron chi connectivity index (χ1n) is 5.11. The Morgan fingerprint density at radius 1 is 1.29 bits per heavy atom. The molecule has 2 rings (SSSR count). The van der Waals surface area contributed by atoms with Crippen molar-refractivity contribution in [2.75, 3.05) is 11.4 Å². The number of hydrogen-bond acceptors (Lipinski definition) is 2. The topological polar surface area (TPSA) is 20.3 Å². The Balaban J connectivity index is 2.16. The van der Waals surface area contributed by atoms with Gasteiger partial charge in [-0.1, -0.05) is 18.2 Å². The van der Waals surface area contributed by atoms with E-state index in [0.29, 0.717) is 24.7 Å². The van der Waals surface area contributed by atoms with Gasteiger partial charge in [-0.25, -0.2) is 0 Å². The van der Waals surface area contributed by atoms with Crippen molar-refractivity contribution >= 4 is 11.5 Å². The molecule has 2 heteroatoms. The minimum atomic E-state index is 0.346. The molecule has 1 aliphatic heterocycles. The molecule has 0 aliphatic carbocycles. The zero-order valence-electron chi connectivity index (χ0n) is 8.44. The summed E-state index contributed by atoms with van der Waals surface area (Å²) in [5.41, 5.74) is 1.23. The summed E-state index contributed by atoms with van der Waals surface area (Å²) < 4.78 is 0. The number of nitrogens with zero attached hydrogens (tertiary/aromatic N) is 1. The van der Waals surface area contributed by atoms with Crippen LogP contribution in [-0.2, 0) is 4.79 Å². The van der Waals surface area contributed by atoms with Crippen molar-refractivity contribution < 1.29 is 4.79 Å². The van der Waals surface area contributed by atoms with E-state index in [4.69, 9.17) is 0 Å². The lowest BCUT2D eigenvalue weighted by molar-refractivity contribution is -0.120. The lowest BCUT2D eigenvalue weighted by Crippen LogP contribution is -2.40. The highest BCUT2D eigenvalue weighted by Crippen LogP contribution is 2.22. The van der Waals surface area contributed by atoms with E-state index in [9.17, 15) is 4.79 Å². The van der Waals surface area contributed by atoms with Crippen LogP contribution in [0.3, 0.4) is 0 Å². The van der Waals surface area contributed by atoms with Gasteiger partial charge in [0.15, 0.2) is 0 Å². The molecule has 14 heavy (non-hydrogen) atoms. The van der Waals surface area contributed by atoms with Gasteiger partial charge in [0.05, 0.1) is 0 Å². The Kier molecular flexibility index (Phi) is 2.53. The van der Waals surface area contributed by atoms with Crippen molar-refractivity contribution in [2.45, 2.75) is 25.8 Å². The highest BCUT2D eigenvalue weighted by molar-refractivity contribution is 5.81. The Morgan fingerprint density at radius 2 is 2.00 bits per heavy atom. The van der Waals surface area contributed by atoms with E-state index in [1.165, 1.54) is 5.69 Å². The van der Waals surface area contributed by atoms with Crippen LogP contribution in [-0.4, -0.2) is 18.4 Å². The van der Waals surface area contributed by atoms with Crippen LogP contribution in [0.5, 0.6) is 0 Å². The maximum atomic E-state index is 11.2. The number of rotatable bonds is 1. The summed E-state index contributed by atoms with van der Waals surface area (Å²) in [5.74, 6) is 0.393. The quantitative estimate of drug-likeness (QED) is 0.675. The summed E-state index contributed by atoms with van der Waals surface area (Å²) in [7, 11) is 0. The summed E-state index contributed by atoms with van der Waals surface area (Å²) >= 11 is 0. The number of piperidine rings is 1. The van der Waals surface area contributed by atoms with Crippen molar-refractivity contribution in [1.82, 2.24) is 0 Å². The number of carbonyl (C=O) groups is 1. The third-order valence-corrected chi connectivity index (χ3v) is 2.77. The average molecular weight is 189 g/mol. The summed E-state index contributed by atoms with van der Waals surface area (Å²) in [6.45, 7) is 2.98. The van der Waals surface area contributed by atoms with Gasteiger partial charge in [0.25, 0.3) is 0 Å². The molecule has 74 valence electrons. The third-order valence-electron chi connectivity index (χ3n) is 2.77. The first kappa shape index (κ1) is 9.25. The zero-order chi connectivity index (χ0) is 9.97. The van der Waals surface area contributed by atoms with Crippen LogP contribution in [0.15, 0.2) is 30.3 Å². The van der Waals surface area contributed by atoms with E-state index in [0.717, 1.165) is 6.54 Å². The van der Waals surface area contributed by atoms with Gasteiger partial charge in [0.2, 0.25) is 0 Å². The smallest absolute Gasteiger partial charge is 0.136 e. The largest absolute Gasteiger partial charge is 0.368 e. The molecule has 1 unspecified atom stereocenters. The van der Waals surface area contributed by atoms with Gasteiger partial charge in [-0.3, -0.25) is 4.79 Å². The van der Waals surface area contributed by atoms with Crippen LogP contribution in [0.25, 0.3) is 0 Å². The second-order valence-corrected chi connectivity index (χ2v) is 3.87. The molecule has 1 aliphatic rings. The second kappa shape index (κ2) is 3.82. The summed E-state index contributed by atoms with van der Waals surface area (Å²) in [6.07, 6.45) is 1.38. The molecule has 0 spiro atoms. The maximum Gasteiger partial charge on any atom is 0.136 e. The molecule has 2 nitrogen and oxygen atoms in total. The predicted molar refractivity (Wildman–Crippen MR) is 57.5 cm³/mol. The molecule has 0 radical (unpaired) electrons. The molecular formula is C12H15NO. The third kappa shape index (κ3) is 1.79. The molecule has 0 bridgehead atoms. The molecule has 0 N–H and O–H groups in total. The average Bonchev–Trinajstić information content (AvgIpc) is 2.19. The van der Waals surface area contributed by atoms with E-state index in [1.54, 1.807) is 0 Å². The minimum Gasteiger partial charge on any atom is -0.368 e. The maximum absolute atomic E-state index is 11.2. The van der Waals surface area contributed by atoms with Crippen molar-refractivity contribution in [1.29, 1.82) is 0 Å². The van der Waals surface area contributed by atoms with Crippen LogP contribution in [0, 0.1) is 0 Å². The number of Topliss-reactive ketones (excluding diaryl/α,β-unsaturated/α-hetero) is 1. The lowest BCUT2D eigenvalue weighted by atomic mass is 10.0. The molecule has 0 aromatic heterocycles. The first-order valence-corrected chi connectivity index (χ1v) is 5.11.